The molecule has 0 atom stereocenters. The number of aliphatic carboxylic acids is 2. The van der Waals surface area contributed by atoms with Crippen LogP contribution in [0.1, 0.15) is 9.11 Å². The molecular weight excluding hydrogens is 198 g/mol. The van der Waals surface area contributed by atoms with E-state index < -0.39 is 29.6 Å². The highest BCUT2D eigenvalue weighted by atomic mass is 16.4. The van der Waals surface area contributed by atoms with Crippen LogP contribution in [0.4, 0.5) is 0 Å². The number of nitrogens with zero attached hydrogens (tertiary/aromatic N) is 1. The van der Waals surface area contributed by atoms with Crippen molar-refractivity contribution in [2.45, 2.75) is 6.37 Å². The average molecular weight is 207 g/mol. The third-order valence-electron chi connectivity index (χ3n) is 1.97. The molecule has 1 aliphatic carbocycles. The van der Waals surface area contributed by atoms with E-state index in [9.17, 15) is 9.59 Å². The Balaban J connectivity index is 2.71. The summed E-state index contributed by atoms with van der Waals surface area (Å²) in [7, 11) is 0. The average Bonchev–Trinajstić information content (AvgIpc) is 2.57. The minimum absolute atomic E-state index is 0.0484. The minimum atomic E-state index is -2.03. The van der Waals surface area contributed by atoms with Crippen molar-refractivity contribution >= 4 is 17.7 Å². The predicted molar refractivity (Wildman–Crippen MR) is 51.6 cm³/mol. The van der Waals surface area contributed by atoms with Crippen LogP contribution in [0.5, 0.6) is 0 Å². The van der Waals surface area contributed by atoms with E-state index >= 15 is 0 Å². The lowest BCUT2D eigenvalue weighted by molar-refractivity contribution is -0.133. The van der Waals surface area contributed by atoms with Crippen LogP contribution in [0.2, 0.25) is 0 Å². The number of carboxylic acid groups (broad SMARTS) is 2. The molecule has 2 aliphatic rings. The summed E-state index contributed by atoms with van der Waals surface area (Å²) < 4.78 is 15.3. The molecule has 15 heavy (non-hydrogen) atoms. The van der Waals surface area contributed by atoms with Crippen molar-refractivity contribution in [2.24, 2.45) is 4.99 Å². The highest BCUT2D eigenvalue weighted by Gasteiger charge is 2.32. The van der Waals surface area contributed by atoms with Gasteiger partial charge < -0.3 is 10.2 Å². The molecule has 0 fully saturated rings. The molecule has 0 amide bonds. The Morgan fingerprint density at radius 3 is 2.73 bits per heavy atom. The highest BCUT2D eigenvalue weighted by molar-refractivity contribution is 6.49. The van der Waals surface area contributed by atoms with Gasteiger partial charge in [0.2, 0.25) is 0 Å². The number of allylic oxidation sites excluding steroid dienone is 4. The lowest BCUT2D eigenvalue weighted by atomic mass is 9.99. The van der Waals surface area contributed by atoms with Crippen LogP contribution in [-0.4, -0.2) is 27.9 Å². The van der Waals surface area contributed by atoms with Gasteiger partial charge in [-0.15, -0.1) is 0 Å². The molecule has 5 heteroatoms. The van der Waals surface area contributed by atoms with E-state index in [2.05, 4.69) is 4.99 Å². The zero-order chi connectivity index (χ0) is 12.8. The Morgan fingerprint density at radius 1 is 1.40 bits per heavy atom. The molecule has 0 saturated heterocycles. The molecule has 0 aromatic carbocycles. The maximum Gasteiger partial charge on any atom is 0.355 e. The van der Waals surface area contributed by atoms with Gasteiger partial charge in [0.1, 0.15) is 0 Å². The summed E-state index contributed by atoms with van der Waals surface area (Å²) in [5, 5.41) is 17.8. The standard InChI is InChI=1S/C10H7NO4/c12-9(13)7-5-3-1-2-4-6(5)11-8(7)10(14)15/h1-2,4H,3H2,(H,12,13)(H,14,15)/i3D2. The number of carboxylic acids is 2. The second kappa shape index (κ2) is 3.20. The number of carbonyl (C=O) groups is 2. The molecule has 0 saturated carbocycles. The summed E-state index contributed by atoms with van der Waals surface area (Å²) in [6.07, 6.45) is 1.90. The van der Waals surface area contributed by atoms with Crippen LogP contribution in [0.25, 0.3) is 0 Å². The van der Waals surface area contributed by atoms with Gasteiger partial charge in [-0.25, -0.2) is 14.6 Å². The van der Waals surface area contributed by atoms with Crippen LogP contribution in [0.3, 0.4) is 0 Å². The van der Waals surface area contributed by atoms with E-state index in [1.807, 2.05) is 0 Å². The Bertz CT molecular complexity index is 555. The predicted octanol–water partition coefficient (Wildman–Crippen LogP) is 0.751. The Hall–Kier alpha value is -2.17. The fourth-order valence-electron chi connectivity index (χ4n) is 1.38. The monoisotopic (exact) mass is 207 g/mol. The molecule has 0 spiro atoms. The lowest BCUT2D eigenvalue weighted by Gasteiger charge is -2.04. The van der Waals surface area contributed by atoms with Crippen LogP contribution in [0, 0.1) is 0 Å². The van der Waals surface area contributed by atoms with Crippen LogP contribution in [0.15, 0.2) is 40.1 Å². The van der Waals surface area contributed by atoms with Crippen molar-refractivity contribution in [3.05, 3.63) is 35.1 Å². The molecule has 0 unspecified atom stereocenters. The molecule has 1 heterocycles. The molecule has 0 bridgehead atoms. The summed E-state index contributed by atoms with van der Waals surface area (Å²) in [5.41, 5.74) is -1.37. The maximum atomic E-state index is 11.0. The van der Waals surface area contributed by atoms with Crippen molar-refractivity contribution in [1.82, 2.24) is 0 Å². The van der Waals surface area contributed by atoms with Crippen molar-refractivity contribution in [1.29, 1.82) is 0 Å². The summed E-state index contributed by atoms with van der Waals surface area (Å²) in [5.74, 6) is -2.98. The van der Waals surface area contributed by atoms with E-state index in [1.54, 1.807) is 0 Å². The van der Waals surface area contributed by atoms with Gasteiger partial charge >= 0.3 is 11.9 Å². The SMILES string of the molecule is [2H]C1([2H])C=CC=C2N=C(C(=O)O)C(C(=O)O)=C21. The molecule has 0 radical (unpaired) electrons. The maximum absolute atomic E-state index is 11.0. The molecule has 76 valence electrons. The van der Waals surface area contributed by atoms with Gasteiger partial charge in [-0.1, -0.05) is 12.2 Å². The number of hydrogen-bond donors (Lipinski definition) is 2. The van der Waals surface area contributed by atoms with Gasteiger partial charge in [0.15, 0.2) is 5.71 Å². The highest BCUT2D eigenvalue weighted by Crippen LogP contribution is 2.31. The van der Waals surface area contributed by atoms with E-state index in [0.29, 0.717) is 0 Å². The van der Waals surface area contributed by atoms with E-state index in [4.69, 9.17) is 13.0 Å². The zero-order valence-electron chi connectivity index (χ0n) is 9.39. The number of rotatable bonds is 2. The van der Waals surface area contributed by atoms with Crippen molar-refractivity contribution in [2.75, 3.05) is 0 Å². The topological polar surface area (TPSA) is 87.0 Å². The number of hydrogen-bond acceptors (Lipinski definition) is 3. The van der Waals surface area contributed by atoms with Crippen LogP contribution in [-0.2, 0) is 9.59 Å². The first-order chi connectivity index (χ1) is 7.84. The molecule has 5 nitrogen and oxygen atoms in total. The largest absolute Gasteiger partial charge is 0.478 e. The fourth-order valence-corrected chi connectivity index (χ4v) is 1.38. The van der Waals surface area contributed by atoms with E-state index in [1.165, 1.54) is 12.2 Å². The molecule has 0 aromatic heterocycles. The second-order valence-corrected chi connectivity index (χ2v) is 2.88. The van der Waals surface area contributed by atoms with Crippen LogP contribution < -0.4 is 0 Å². The van der Waals surface area contributed by atoms with E-state index in [-0.39, 0.29) is 11.3 Å². The summed E-state index contributed by atoms with van der Waals surface area (Å²) >= 11 is 0. The summed E-state index contributed by atoms with van der Waals surface area (Å²) in [6, 6.07) is 0. The number of fused-ring (bicyclic) bond motifs is 1. The quantitative estimate of drug-likeness (QED) is 0.699. The Labute approximate surface area is 87.6 Å². The summed E-state index contributed by atoms with van der Waals surface area (Å²) in [4.78, 5) is 25.6. The third-order valence-corrected chi connectivity index (χ3v) is 1.97. The summed E-state index contributed by atoms with van der Waals surface area (Å²) in [6.45, 7) is 0. The van der Waals surface area contributed by atoms with Crippen molar-refractivity contribution in [3.63, 3.8) is 0 Å². The molecule has 0 aromatic rings. The van der Waals surface area contributed by atoms with Gasteiger partial charge in [-0.05, 0) is 18.0 Å². The van der Waals surface area contributed by atoms with Gasteiger partial charge in [-0.2, -0.15) is 0 Å². The van der Waals surface area contributed by atoms with Gasteiger partial charge in [-0.3, -0.25) is 0 Å². The smallest absolute Gasteiger partial charge is 0.355 e. The normalized spacial score (nSPS) is 23.7. The molecule has 2 rings (SSSR count). The zero-order valence-corrected chi connectivity index (χ0v) is 7.39. The first-order valence-corrected chi connectivity index (χ1v) is 4.05. The lowest BCUT2D eigenvalue weighted by Crippen LogP contribution is -2.19. The van der Waals surface area contributed by atoms with Gasteiger partial charge in [0.25, 0.3) is 0 Å². The second-order valence-electron chi connectivity index (χ2n) is 2.88. The fraction of sp³-hybridized carbons (Fsp3) is 0.100. The Morgan fingerprint density at radius 2 is 2.13 bits per heavy atom. The third kappa shape index (κ3) is 1.38. The first-order valence-electron chi connectivity index (χ1n) is 5.05. The first kappa shape index (κ1) is 7.17. The van der Waals surface area contributed by atoms with Crippen LogP contribution >= 0.6 is 0 Å². The molecule has 2 N–H and O–H groups in total. The molecular formula is C10H7NO4. The van der Waals surface area contributed by atoms with Gasteiger partial charge in [0.05, 0.1) is 11.3 Å². The Kier molecular flexibility index (Phi) is 1.53. The van der Waals surface area contributed by atoms with E-state index in [0.717, 1.165) is 6.08 Å². The van der Waals surface area contributed by atoms with Crippen molar-refractivity contribution < 1.29 is 22.5 Å². The molecule has 1 aliphatic heterocycles. The van der Waals surface area contributed by atoms with Gasteiger partial charge in [0, 0.05) is 2.74 Å². The minimum Gasteiger partial charge on any atom is -0.478 e. The number of aliphatic imine (C=N–C) groups is 1. The van der Waals surface area contributed by atoms with Crippen molar-refractivity contribution in [3.8, 4) is 0 Å².